The van der Waals surface area contributed by atoms with E-state index in [9.17, 15) is 4.79 Å². The van der Waals surface area contributed by atoms with E-state index in [4.69, 9.17) is 4.74 Å². The predicted molar refractivity (Wildman–Crippen MR) is 69.0 cm³/mol. The highest BCUT2D eigenvalue weighted by molar-refractivity contribution is 5.81. The van der Waals surface area contributed by atoms with Gasteiger partial charge in [0.2, 0.25) is 0 Å². The van der Waals surface area contributed by atoms with Gasteiger partial charge in [-0.05, 0) is 45.8 Å². The van der Waals surface area contributed by atoms with Crippen LogP contribution in [0.5, 0.6) is 0 Å². The number of ether oxygens (including phenoxy) is 1. The fraction of sp³-hybridized carbons (Fsp3) is 0.923. The number of carbonyl (C=O) groups is 1. The van der Waals surface area contributed by atoms with E-state index in [1.807, 2.05) is 7.05 Å². The lowest BCUT2D eigenvalue weighted by atomic mass is 9.78. The number of hydrogen-bond donors (Lipinski definition) is 1. The zero-order valence-electron chi connectivity index (χ0n) is 11.6. The summed E-state index contributed by atoms with van der Waals surface area (Å²) in [5.41, 5.74) is -0.472. The largest absolute Gasteiger partial charge is 0.468 e. The van der Waals surface area contributed by atoms with Gasteiger partial charge in [0.1, 0.15) is 5.54 Å². The third kappa shape index (κ3) is 2.99. The Morgan fingerprint density at radius 2 is 2.12 bits per heavy atom. The van der Waals surface area contributed by atoms with E-state index in [0.717, 1.165) is 32.4 Å². The highest BCUT2D eigenvalue weighted by atomic mass is 16.5. The van der Waals surface area contributed by atoms with Crippen molar-refractivity contribution in [1.29, 1.82) is 0 Å². The molecule has 0 heterocycles. The minimum atomic E-state index is -0.472. The lowest BCUT2D eigenvalue weighted by Crippen LogP contribution is -2.57. The molecule has 1 aliphatic carbocycles. The van der Waals surface area contributed by atoms with Crippen LogP contribution in [0.3, 0.4) is 0 Å². The van der Waals surface area contributed by atoms with Crippen LogP contribution in [0, 0.1) is 0 Å². The van der Waals surface area contributed by atoms with E-state index >= 15 is 0 Å². The fourth-order valence-electron chi connectivity index (χ4n) is 3.01. The van der Waals surface area contributed by atoms with Crippen molar-refractivity contribution < 1.29 is 9.53 Å². The minimum Gasteiger partial charge on any atom is -0.468 e. The molecule has 0 aromatic rings. The van der Waals surface area contributed by atoms with Crippen LogP contribution in [0.15, 0.2) is 0 Å². The van der Waals surface area contributed by atoms with Crippen molar-refractivity contribution in [2.24, 2.45) is 0 Å². The molecule has 2 unspecified atom stereocenters. The molecule has 1 rings (SSSR count). The summed E-state index contributed by atoms with van der Waals surface area (Å²) in [4.78, 5) is 14.4. The summed E-state index contributed by atoms with van der Waals surface area (Å²) < 4.78 is 4.96. The van der Waals surface area contributed by atoms with Gasteiger partial charge in [0.25, 0.3) is 0 Å². The monoisotopic (exact) mass is 242 g/mol. The lowest BCUT2D eigenvalue weighted by Gasteiger charge is -2.42. The summed E-state index contributed by atoms with van der Waals surface area (Å²) >= 11 is 0. The summed E-state index contributed by atoms with van der Waals surface area (Å²) in [5.74, 6) is -0.114. The number of methoxy groups -OCH3 is 1. The van der Waals surface area contributed by atoms with E-state index < -0.39 is 5.54 Å². The van der Waals surface area contributed by atoms with Crippen molar-refractivity contribution in [1.82, 2.24) is 10.2 Å². The molecule has 1 N–H and O–H groups in total. The van der Waals surface area contributed by atoms with Gasteiger partial charge in [0.05, 0.1) is 7.11 Å². The molecule has 0 aromatic carbocycles. The quantitative estimate of drug-likeness (QED) is 0.740. The van der Waals surface area contributed by atoms with Crippen molar-refractivity contribution in [3.05, 3.63) is 0 Å². The third-order valence-corrected chi connectivity index (χ3v) is 4.11. The highest BCUT2D eigenvalue weighted by Gasteiger charge is 2.43. The first-order valence-corrected chi connectivity index (χ1v) is 6.64. The molecule has 1 saturated carbocycles. The second-order valence-electron chi connectivity index (χ2n) is 4.80. The number of nitrogens with one attached hydrogen (secondary N) is 1. The minimum absolute atomic E-state index is 0.114. The van der Waals surface area contributed by atoms with Crippen LogP contribution in [-0.4, -0.2) is 49.7 Å². The Bertz CT molecular complexity index is 254. The molecule has 4 heteroatoms. The maximum absolute atomic E-state index is 12.0. The molecule has 0 aliphatic heterocycles. The van der Waals surface area contributed by atoms with Gasteiger partial charge in [0, 0.05) is 6.04 Å². The number of carbonyl (C=O) groups excluding carboxylic acids is 1. The molecule has 17 heavy (non-hydrogen) atoms. The van der Waals surface area contributed by atoms with Crippen molar-refractivity contribution in [3.63, 3.8) is 0 Å². The Morgan fingerprint density at radius 3 is 2.59 bits per heavy atom. The van der Waals surface area contributed by atoms with E-state index in [1.54, 1.807) is 0 Å². The van der Waals surface area contributed by atoms with Crippen LogP contribution in [0.2, 0.25) is 0 Å². The van der Waals surface area contributed by atoms with Gasteiger partial charge in [0.15, 0.2) is 0 Å². The number of likely N-dealkylation sites (N-methyl/N-ethyl adjacent to an activating group) is 1. The van der Waals surface area contributed by atoms with E-state index in [1.165, 1.54) is 13.5 Å². The number of esters is 1. The molecule has 100 valence electrons. The standard InChI is InChI=1S/C13H26N2O2/c1-5-15(6-2)11-8-7-9-13(10-11,14-3)12(16)17-4/h11,14H,5-10H2,1-4H3. The van der Waals surface area contributed by atoms with E-state index in [-0.39, 0.29) is 5.97 Å². The molecule has 0 radical (unpaired) electrons. The second kappa shape index (κ2) is 6.36. The van der Waals surface area contributed by atoms with Gasteiger partial charge in [-0.3, -0.25) is 4.79 Å². The first kappa shape index (κ1) is 14.5. The van der Waals surface area contributed by atoms with Crippen LogP contribution >= 0.6 is 0 Å². The van der Waals surface area contributed by atoms with Gasteiger partial charge in [-0.1, -0.05) is 13.8 Å². The Labute approximate surface area is 105 Å². The van der Waals surface area contributed by atoms with Gasteiger partial charge in [-0.15, -0.1) is 0 Å². The van der Waals surface area contributed by atoms with Crippen LogP contribution in [0.25, 0.3) is 0 Å². The summed E-state index contributed by atoms with van der Waals surface area (Å²) in [6, 6.07) is 0.491. The summed E-state index contributed by atoms with van der Waals surface area (Å²) in [7, 11) is 3.34. The lowest BCUT2D eigenvalue weighted by molar-refractivity contribution is -0.151. The van der Waals surface area contributed by atoms with Crippen molar-refractivity contribution in [3.8, 4) is 0 Å². The van der Waals surface area contributed by atoms with Gasteiger partial charge < -0.3 is 15.0 Å². The average molecular weight is 242 g/mol. The third-order valence-electron chi connectivity index (χ3n) is 4.11. The van der Waals surface area contributed by atoms with Crippen LogP contribution in [0.1, 0.15) is 39.5 Å². The average Bonchev–Trinajstić information content (AvgIpc) is 2.39. The Hall–Kier alpha value is -0.610. The topological polar surface area (TPSA) is 41.6 Å². The SMILES string of the molecule is CCN(CC)C1CCCC(NC)(C(=O)OC)C1. The van der Waals surface area contributed by atoms with Crippen molar-refractivity contribution in [2.75, 3.05) is 27.2 Å². The van der Waals surface area contributed by atoms with Gasteiger partial charge >= 0.3 is 5.97 Å². The molecule has 0 saturated heterocycles. The summed E-state index contributed by atoms with van der Waals surface area (Å²) in [5, 5.41) is 3.20. The van der Waals surface area contributed by atoms with Crippen LogP contribution in [-0.2, 0) is 9.53 Å². The number of nitrogens with zero attached hydrogens (tertiary/aromatic N) is 1. The number of hydrogen-bond acceptors (Lipinski definition) is 4. The molecule has 1 fully saturated rings. The fourth-order valence-corrected chi connectivity index (χ4v) is 3.01. The molecule has 0 spiro atoms. The van der Waals surface area contributed by atoms with Crippen molar-refractivity contribution >= 4 is 5.97 Å². The van der Waals surface area contributed by atoms with Gasteiger partial charge in [-0.2, -0.15) is 0 Å². The predicted octanol–water partition coefficient (Wildman–Crippen LogP) is 1.40. The van der Waals surface area contributed by atoms with Gasteiger partial charge in [-0.25, -0.2) is 0 Å². The first-order chi connectivity index (χ1) is 8.13. The molecule has 0 aromatic heterocycles. The Morgan fingerprint density at radius 1 is 1.47 bits per heavy atom. The maximum atomic E-state index is 12.0. The smallest absolute Gasteiger partial charge is 0.326 e. The Balaban J connectivity index is 2.78. The second-order valence-corrected chi connectivity index (χ2v) is 4.80. The zero-order chi connectivity index (χ0) is 12.9. The van der Waals surface area contributed by atoms with E-state index in [0.29, 0.717) is 6.04 Å². The summed E-state index contributed by atoms with van der Waals surface area (Å²) in [6.07, 6.45) is 4.00. The van der Waals surface area contributed by atoms with Crippen molar-refractivity contribution in [2.45, 2.75) is 51.1 Å². The number of rotatable bonds is 5. The molecule has 1 aliphatic rings. The Kier molecular flexibility index (Phi) is 5.40. The van der Waals surface area contributed by atoms with Crippen LogP contribution in [0.4, 0.5) is 0 Å². The zero-order valence-corrected chi connectivity index (χ0v) is 11.6. The molecule has 0 bridgehead atoms. The molecular formula is C13H26N2O2. The molecule has 0 amide bonds. The molecular weight excluding hydrogens is 216 g/mol. The highest BCUT2D eigenvalue weighted by Crippen LogP contribution is 2.32. The first-order valence-electron chi connectivity index (χ1n) is 6.64. The normalized spacial score (nSPS) is 29.4. The molecule has 2 atom stereocenters. The van der Waals surface area contributed by atoms with Crippen LogP contribution < -0.4 is 5.32 Å². The summed E-state index contributed by atoms with van der Waals surface area (Å²) in [6.45, 7) is 6.44. The maximum Gasteiger partial charge on any atom is 0.326 e. The molecule has 4 nitrogen and oxygen atoms in total. The van der Waals surface area contributed by atoms with E-state index in [2.05, 4.69) is 24.1 Å².